The summed E-state index contributed by atoms with van der Waals surface area (Å²) in [6.07, 6.45) is 1.61. The maximum atomic E-state index is 12.2. The number of ether oxygens (including phenoxy) is 1. The van der Waals surface area contributed by atoms with Gasteiger partial charge in [-0.2, -0.15) is 0 Å². The topological polar surface area (TPSA) is 75.6 Å². The largest absolute Gasteiger partial charge is 0.392 e. The van der Waals surface area contributed by atoms with E-state index >= 15 is 0 Å². The molecule has 1 aromatic rings. The van der Waals surface area contributed by atoms with Gasteiger partial charge in [0.1, 0.15) is 0 Å². The molecule has 7 heteroatoms. The van der Waals surface area contributed by atoms with Crippen molar-refractivity contribution in [3.63, 3.8) is 0 Å². The molecule has 0 aromatic heterocycles. The highest BCUT2D eigenvalue weighted by atomic mass is 35.5. The first-order valence-electron chi connectivity index (χ1n) is 6.02. The van der Waals surface area contributed by atoms with Crippen molar-refractivity contribution in [1.29, 1.82) is 0 Å². The van der Waals surface area contributed by atoms with Gasteiger partial charge in [-0.25, -0.2) is 13.1 Å². The molecule has 2 rings (SSSR count). The van der Waals surface area contributed by atoms with E-state index in [0.29, 0.717) is 23.8 Å². The SMILES string of the molecule is O=S(=O)(NC1CCCOC1)c1ccc(Cl)c(CO)c1. The van der Waals surface area contributed by atoms with Crippen LogP contribution in [-0.4, -0.2) is 32.8 Å². The van der Waals surface area contributed by atoms with Crippen molar-refractivity contribution in [3.8, 4) is 0 Å². The van der Waals surface area contributed by atoms with Gasteiger partial charge in [0.25, 0.3) is 0 Å². The molecule has 1 heterocycles. The molecule has 0 spiro atoms. The number of aliphatic hydroxyl groups excluding tert-OH is 1. The predicted octanol–water partition coefficient (Wildman–Crippen LogP) is 1.29. The van der Waals surface area contributed by atoms with E-state index in [1.54, 1.807) is 0 Å². The normalized spacial score (nSPS) is 20.4. The van der Waals surface area contributed by atoms with Gasteiger partial charge in [0.15, 0.2) is 0 Å². The van der Waals surface area contributed by atoms with Crippen molar-refractivity contribution in [2.24, 2.45) is 0 Å². The molecule has 1 atom stereocenters. The summed E-state index contributed by atoms with van der Waals surface area (Å²) in [6.45, 7) is 0.766. The molecule has 0 aliphatic carbocycles. The minimum absolute atomic E-state index is 0.103. The van der Waals surface area contributed by atoms with Gasteiger partial charge >= 0.3 is 0 Å². The lowest BCUT2D eigenvalue weighted by molar-refractivity contribution is 0.0774. The Bertz CT molecular complexity index is 541. The molecule has 1 saturated heterocycles. The van der Waals surface area contributed by atoms with Crippen molar-refractivity contribution < 1.29 is 18.3 Å². The molecule has 1 aliphatic heterocycles. The number of hydrogen-bond acceptors (Lipinski definition) is 4. The van der Waals surface area contributed by atoms with Crippen molar-refractivity contribution in [2.75, 3.05) is 13.2 Å². The van der Waals surface area contributed by atoms with E-state index in [9.17, 15) is 8.42 Å². The molecule has 1 unspecified atom stereocenters. The van der Waals surface area contributed by atoms with Crippen LogP contribution >= 0.6 is 11.6 Å². The summed E-state index contributed by atoms with van der Waals surface area (Å²) in [5.41, 5.74) is 0.393. The lowest BCUT2D eigenvalue weighted by Gasteiger charge is -2.23. The maximum Gasteiger partial charge on any atom is 0.240 e. The summed E-state index contributed by atoms with van der Waals surface area (Å²) >= 11 is 5.84. The van der Waals surface area contributed by atoms with Crippen LogP contribution < -0.4 is 4.72 Å². The summed E-state index contributed by atoms with van der Waals surface area (Å²) in [7, 11) is -3.61. The summed E-state index contributed by atoms with van der Waals surface area (Å²) in [5, 5.41) is 9.46. The Morgan fingerprint density at radius 2 is 2.26 bits per heavy atom. The van der Waals surface area contributed by atoms with Crippen LogP contribution in [0.2, 0.25) is 5.02 Å². The Hall–Kier alpha value is -0.660. The lowest BCUT2D eigenvalue weighted by atomic mass is 10.1. The van der Waals surface area contributed by atoms with Crippen LogP contribution in [0.25, 0.3) is 0 Å². The first-order valence-corrected chi connectivity index (χ1v) is 7.88. The van der Waals surface area contributed by atoms with Crippen LogP contribution in [0.5, 0.6) is 0 Å². The molecule has 5 nitrogen and oxygen atoms in total. The molecule has 0 bridgehead atoms. The fourth-order valence-electron chi connectivity index (χ4n) is 1.96. The third kappa shape index (κ3) is 3.67. The highest BCUT2D eigenvalue weighted by molar-refractivity contribution is 7.89. The number of sulfonamides is 1. The fourth-order valence-corrected chi connectivity index (χ4v) is 3.44. The molecule has 1 aliphatic rings. The van der Waals surface area contributed by atoms with Gasteiger partial charge in [-0.3, -0.25) is 0 Å². The van der Waals surface area contributed by atoms with E-state index in [2.05, 4.69) is 4.72 Å². The minimum Gasteiger partial charge on any atom is -0.392 e. The minimum atomic E-state index is -3.61. The number of halogens is 1. The molecular formula is C12H16ClNO4S. The van der Waals surface area contributed by atoms with Gasteiger partial charge in [-0.15, -0.1) is 0 Å². The average Bonchev–Trinajstić information content (AvgIpc) is 2.39. The van der Waals surface area contributed by atoms with Gasteiger partial charge in [-0.05, 0) is 36.6 Å². The van der Waals surface area contributed by atoms with Crippen LogP contribution in [0.3, 0.4) is 0 Å². The number of hydrogen-bond donors (Lipinski definition) is 2. The van der Waals surface area contributed by atoms with Gasteiger partial charge in [0, 0.05) is 17.7 Å². The second kappa shape index (κ2) is 6.19. The number of nitrogens with one attached hydrogen (secondary N) is 1. The highest BCUT2D eigenvalue weighted by Gasteiger charge is 2.22. The molecule has 19 heavy (non-hydrogen) atoms. The molecule has 0 amide bonds. The maximum absolute atomic E-state index is 12.2. The smallest absolute Gasteiger partial charge is 0.240 e. The summed E-state index contributed by atoms with van der Waals surface area (Å²) in [6, 6.07) is 4.08. The number of benzene rings is 1. The molecule has 1 fully saturated rings. The van der Waals surface area contributed by atoms with Crippen molar-refractivity contribution in [1.82, 2.24) is 4.72 Å². The monoisotopic (exact) mass is 305 g/mol. The third-order valence-corrected chi connectivity index (χ3v) is 4.87. The first kappa shape index (κ1) is 14.7. The van der Waals surface area contributed by atoms with E-state index < -0.39 is 10.0 Å². The van der Waals surface area contributed by atoms with E-state index in [0.717, 1.165) is 12.8 Å². The molecular weight excluding hydrogens is 290 g/mol. The Morgan fingerprint density at radius 3 is 2.89 bits per heavy atom. The standard InChI is InChI=1S/C12H16ClNO4S/c13-12-4-3-11(6-9(12)7-15)19(16,17)14-10-2-1-5-18-8-10/h3-4,6,10,14-15H,1-2,5,7-8H2. The van der Waals surface area contributed by atoms with Crippen LogP contribution in [0, 0.1) is 0 Å². The van der Waals surface area contributed by atoms with Crippen LogP contribution in [0.15, 0.2) is 23.1 Å². The van der Waals surface area contributed by atoms with Crippen LogP contribution in [0.4, 0.5) is 0 Å². The van der Waals surface area contributed by atoms with Gasteiger partial charge in [-0.1, -0.05) is 11.6 Å². The molecule has 106 valence electrons. The van der Waals surface area contributed by atoms with Crippen LogP contribution in [-0.2, 0) is 21.4 Å². The molecule has 2 N–H and O–H groups in total. The van der Waals surface area contributed by atoms with Crippen molar-refractivity contribution >= 4 is 21.6 Å². The van der Waals surface area contributed by atoms with E-state index in [1.807, 2.05) is 0 Å². The first-order chi connectivity index (χ1) is 9.03. The van der Waals surface area contributed by atoms with E-state index in [1.165, 1.54) is 18.2 Å². The van der Waals surface area contributed by atoms with Crippen molar-refractivity contribution in [2.45, 2.75) is 30.4 Å². The Labute approximate surface area is 117 Å². The number of aliphatic hydroxyl groups is 1. The van der Waals surface area contributed by atoms with E-state index in [4.69, 9.17) is 21.4 Å². The summed E-state index contributed by atoms with van der Waals surface area (Å²) in [5.74, 6) is 0. The Morgan fingerprint density at radius 1 is 1.47 bits per heavy atom. The number of rotatable bonds is 4. The molecule has 0 radical (unpaired) electrons. The Kier molecular flexibility index (Phi) is 4.81. The predicted molar refractivity (Wildman–Crippen MR) is 71.5 cm³/mol. The average molecular weight is 306 g/mol. The summed E-state index contributed by atoms with van der Waals surface area (Å²) < 4.78 is 32.2. The van der Waals surface area contributed by atoms with Crippen LogP contribution in [0.1, 0.15) is 18.4 Å². The van der Waals surface area contributed by atoms with E-state index in [-0.39, 0.29) is 17.5 Å². The third-order valence-electron chi connectivity index (χ3n) is 2.98. The van der Waals surface area contributed by atoms with Gasteiger partial charge in [0.05, 0.1) is 18.1 Å². The Balaban J connectivity index is 2.18. The second-order valence-corrected chi connectivity index (χ2v) is 6.57. The fraction of sp³-hybridized carbons (Fsp3) is 0.500. The summed E-state index contributed by atoms with van der Waals surface area (Å²) in [4.78, 5) is 0.103. The zero-order valence-corrected chi connectivity index (χ0v) is 11.9. The lowest BCUT2D eigenvalue weighted by Crippen LogP contribution is -2.40. The van der Waals surface area contributed by atoms with Gasteiger partial charge < -0.3 is 9.84 Å². The van der Waals surface area contributed by atoms with Crippen molar-refractivity contribution in [3.05, 3.63) is 28.8 Å². The zero-order chi connectivity index (χ0) is 13.9. The quantitative estimate of drug-likeness (QED) is 0.879. The molecule has 0 saturated carbocycles. The second-order valence-electron chi connectivity index (χ2n) is 4.45. The molecule has 1 aromatic carbocycles. The van der Waals surface area contributed by atoms with Gasteiger partial charge in [0.2, 0.25) is 10.0 Å². The highest BCUT2D eigenvalue weighted by Crippen LogP contribution is 2.21. The zero-order valence-electron chi connectivity index (χ0n) is 10.3.